The van der Waals surface area contributed by atoms with Crippen molar-refractivity contribution in [3.05, 3.63) is 0 Å². The van der Waals surface area contributed by atoms with Crippen LogP contribution in [0.4, 0.5) is 0 Å². The fraction of sp³-hybridized carbons (Fsp3) is 1.00. The van der Waals surface area contributed by atoms with E-state index >= 15 is 0 Å². The van der Waals surface area contributed by atoms with E-state index in [1.165, 1.54) is 25.7 Å². The van der Waals surface area contributed by atoms with Crippen molar-refractivity contribution < 1.29 is 0 Å². The zero-order valence-corrected chi connectivity index (χ0v) is 8.72. The van der Waals surface area contributed by atoms with E-state index in [9.17, 15) is 0 Å². The zero-order valence-electron chi connectivity index (χ0n) is 8.72. The van der Waals surface area contributed by atoms with Gasteiger partial charge in [0.05, 0.1) is 0 Å². The van der Waals surface area contributed by atoms with Crippen molar-refractivity contribution in [1.29, 1.82) is 0 Å². The maximum absolute atomic E-state index is 2.49. The molecule has 2 rings (SSSR count). The highest BCUT2D eigenvalue weighted by Crippen LogP contribution is 2.50. The van der Waals surface area contributed by atoms with E-state index in [1.54, 1.807) is 0 Å². The third kappa shape index (κ3) is 1.20. The van der Waals surface area contributed by atoms with Gasteiger partial charge in [-0.25, -0.2) is 0 Å². The minimum absolute atomic E-state index is 0.992. The van der Waals surface area contributed by atoms with Gasteiger partial charge in [-0.2, -0.15) is 0 Å². The second-order valence-electron chi connectivity index (χ2n) is 5.31. The summed E-state index contributed by atoms with van der Waals surface area (Å²) in [4.78, 5) is 0. The van der Waals surface area contributed by atoms with Gasteiger partial charge in [0.1, 0.15) is 0 Å². The minimum atomic E-state index is 0.992. The summed E-state index contributed by atoms with van der Waals surface area (Å²) in [6, 6.07) is 0. The van der Waals surface area contributed by atoms with E-state index in [-0.39, 0.29) is 0 Å². The van der Waals surface area contributed by atoms with Crippen LogP contribution in [-0.4, -0.2) is 0 Å². The lowest BCUT2D eigenvalue weighted by atomic mass is 9.67. The summed E-state index contributed by atoms with van der Waals surface area (Å²) in [5, 5.41) is 0. The summed E-state index contributed by atoms with van der Waals surface area (Å²) in [7, 11) is 0. The van der Waals surface area contributed by atoms with Crippen LogP contribution in [0.25, 0.3) is 0 Å². The first-order valence-electron chi connectivity index (χ1n) is 5.70. The molecule has 2 saturated carbocycles. The second-order valence-corrected chi connectivity index (χ2v) is 5.31. The van der Waals surface area contributed by atoms with Gasteiger partial charge in [0, 0.05) is 0 Å². The molecule has 2 fully saturated rings. The van der Waals surface area contributed by atoms with Crippen molar-refractivity contribution in [2.24, 2.45) is 29.6 Å². The predicted octanol–water partition coefficient (Wildman–Crippen LogP) is 3.71. The van der Waals surface area contributed by atoms with E-state index < -0.39 is 0 Å². The second kappa shape index (κ2) is 3.05. The lowest BCUT2D eigenvalue weighted by molar-refractivity contribution is 0.110. The van der Waals surface area contributed by atoms with Crippen LogP contribution in [0.5, 0.6) is 0 Å². The van der Waals surface area contributed by atoms with Gasteiger partial charge in [-0.05, 0) is 42.4 Å². The molecule has 2 aliphatic rings. The average molecular weight is 166 g/mol. The van der Waals surface area contributed by atoms with Crippen molar-refractivity contribution in [2.75, 3.05) is 0 Å². The largest absolute Gasteiger partial charge is 0.0622 e. The molecule has 0 aromatic heterocycles. The van der Waals surface area contributed by atoms with Gasteiger partial charge in [-0.15, -0.1) is 0 Å². The molecule has 0 radical (unpaired) electrons. The molecule has 2 aliphatic carbocycles. The molecule has 70 valence electrons. The molecule has 0 aromatic rings. The highest BCUT2D eigenvalue weighted by molar-refractivity contribution is 4.91. The number of hydrogen-bond acceptors (Lipinski definition) is 0. The normalized spacial score (nSPS) is 53.8. The first kappa shape index (κ1) is 8.59. The fourth-order valence-electron chi connectivity index (χ4n) is 3.73. The molecular formula is C12H22. The summed E-state index contributed by atoms with van der Waals surface area (Å²) in [5.41, 5.74) is 0. The lowest BCUT2D eigenvalue weighted by Crippen LogP contribution is -2.31. The Labute approximate surface area is 76.7 Å². The average Bonchev–Trinajstić information content (AvgIpc) is 2.41. The van der Waals surface area contributed by atoms with E-state index in [2.05, 4.69) is 20.8 Å². The molecule has 0 saturated heterocycles. The first-order valence-corrected chi connectivity index (χ1v) is 5.70. The first-order chi connectivity index (χ1) is 5.70. The van der Waals surface area contributed by atoms with Gasteiger partial charge in [-0.3, -0.25) is 0 Å². The van der Waals surface area contributed by atoms with E-state index in [0.29, 0.717) is 0 Å². The van der Waals surface area contributed by atoms with Crippen LogP contribution < -0.4 is 0 Å². The molecule has 0 heteroatoms. The Morgan fingerprint density at radius 2 is 1.33 bits per heavy atom. The predicted molar refractivity (Wildman–Crippen MR) is 52.9 cm³/mol. The Bertz CT molecular complexity index is 161. The summed E-state index contributed by atoms with van der Waals surface area (Å²) in [6.07, 6.45) is 6.06. The maximum Gasteiger partial charge on any atom is -0.0332 e. The summed E-state index contributed by atoms with van der Waals surface area (Å²) in [6.45, 7) is 7.41. The minimum Gasteiger partial charge on any atom is -0.0622 e. The van der Waals surface area contributed by atoms with Crippen LogP contribution in [0.2, 0.25) is 0 Å². The molecule has 0 aliphatic heterocycles. The van der Waals surface area contributed by atoms with Crippen LogP contribution in [0.3, 0.4) is 0 Å². The third-order valence-corrected chi connectivity index (χ3v) is 4.69. The molecule has 5 atom stereocenters. The van der Waals surface area contributed by atoms with E-state index in [0.717, 1.165) is 29.6 Å². The summed E-state index contributed by atoms with van der Waals surface area (Å²) < 4.78 is 0. The molecule has 0 heterocycles. The Morgan fingerprint density at radius 1 is 0.750 bits per heavy atom. The van der Waals surface area contributed by atoms with E-state index in [1.807, 2.05) is 0 Å². The molecule has 5 unspecified atom stereocenters. The number of fused-ring (bicyclic) bond motifs is 1. The molecule has 0 bridgehead atoms. The zero-order chi connectivity index (χ0) is 8.72. The molecular weight excluding hydrogens is 144 g/mol. The monoisotopic (exact) mass is 166 g/mol. The molecule has 12 heavy (non-hydrogen) atoms. The topological polar surface area (TPSA) is 0 Å². The Kier molecular flexibility index (Phi) is 2.18. The van der Waals surface area contributed by atoms with E-state index in [4.69, 9.17) is 0 Å². The quantitative estimate of drug-likeness (QED) is 0.514. The van der Waals surface area contributed by atoms with Crippen LogP contribution in [0, 0.1) is 29.6 Å². The number of rotatable bonds is 0. The SMILES string of the molecule is CC1CCC2CCC(C)C2C1C. The van der Waals surface area contributed by atoms with Crippen LogP contribution in [0.1, 0.15) is 46.5 Å². The fourth-order valence-corrected chi connectivity index (χ4v) is 3.73. The summed E-state index contributed by atoms with van der Waals surface area (Å²) >= 11 is 0. The lowest BCUT2D eigenvalue weighted by Gasteiger charge is -2.38. The van der Waals surface area contributed by atoms with Gasteiger partial charge < -0.3 is 0 Å². The molecule has 0 amide bonds. The van der Waals surface area contributed by atoms with Crippen molar-refractivity contribution in [1.82, 2.24) is 0 Å². The van der Waals surface area contributed by atoms with Crippen molar-refractivity contribution in [3.63, 3.8) is 0 Å². The smallest absolute Gasteiger partial charge is 0.0332 e. The van der Waals surface area contributed by atoms with Crippen LogP contribution >= 0.6 is 0 Å². The van der Waals surface area contributed by atoms with Gasteiger partial charge in [0.2, 0.25) is 0 Å². The van der Waals surface area contributed by atoms with Gasteiger partial charge in [0.15, 0.2) is 0 Å². The van der Waals surface area contributed by atoms with Crippen molar-refractivity contribution in [2.45, 2.75) is 46.5 Å². The molecule has 0 N–H and O–H groups in total. The molecule has 0 nitrogen and oxygen atoms in total. The molecule has 0 spiro atoms. The standard InChI is InChI=1S/C12H22/c1-8-4-6-11-7-5-9(2)12(11)10(8)3/h8-12H,4-7H2,1-3H3. The van der Waals surface area contributed by atoms with Gasteiger partial charge in [0.25, 0.3) is 0 Å². The van der Waals surface area contributed by atoms with Crippen LogP contribution in [-0.2, 0) is 0 Å². The third-order valence-electron chi connectivity index (χ3n) is 4.69. The van der Waals surface area contributed by atoms with Crippen molar-refractivity contribution in [3.8, 4) is 0 Å². The molecule has 0 aromatic carbocycles. The highest BCUT2D eigenvalue weighted by atomic mass is 14.5. The Balaban J connectivity index is 2.11. The highest BCUT2D eigenvalue weighted by Gasteiger charge is 2.41. The van der Waals surface area contributed by atoms with Gasteiger partial charge >= 0.3 is 0 Å². The Hall–Kier alpha value is 0. The number of hydrogen-bond donors (Lipinski definition) is 0. The summed E-state index contributed by atoms with van der Waals surface area (Å²) in [5.74, 6) is 5.20. The Morgan fingerprint density at radius 3 is 2.00 bits per heavy atom. The van der Waals surface area contributed by atoms with Gasteiger partial charge in [-0.1, -0.05) is 33.6 Å². The van der Waals surface area contributed by atoms with Crippen molar-refractivity contribution >= 4 is 0 Å². The van der Waals surface area contributed by atoms with Crippen LogP contribution in [0.15, 0.2) is 0 Å². The maximum atomic E-state index is 2.49.